The molecule has 0 unspecified atom stereocenters. The molecule has 1 aliphatic rings. The smallest absolute Gasteiger partial charge is 0.233 e. The minimum absolute atomic E-state index is 0.172. The lowest BCUT2D eigenvalue weighted by Gasteiger charge is -2.22. The van der Waals surface area contributed by atoms with Crippen molar-refractivity contribution in [3.05, 3.63) is 41.1 Å². The van der Waals surface area contributed by atoms with E-state index in [1.807, 2.05) is 13.0 Å². The van der Waals surface area contributed by atoms with Crippen LogP contribution in [0.5, 0.6) is 0 Å². The normalized spacial score (nSPS) is 15.3. The van der Waals surface area contributed by atoms with Gasteiger partial charge in [0.05, 0.1) is 16.1 Å². The van der Waals surface area contributed by atoms with E-state index in [2.05, 4.69) is 31.8 Å². The van der Waals surface area contributed by atoms with E-state index < -0.39 is 0 Å². The highest BCUT2D eigenvalue weighted by atomic mass is 35.5. The van der Waals surface area contributed by atoms with Gasteiger partial charge < -0.3 is 4.57 Å². The van der Waals surface area contributed by atoms with Crippen molar-refractivity contribution in [2.45, 2.75) is 45.6 Å². The molecule has 0 amide bonds. The van der Waals surface area contributed by atoms with Crippen molar-refractivity contribution in [2.75, 3.05) is 0 Å². The van der Waals surface area contributed by atoms with Crippen molar-refractivity contribution in [2.24, 2.45) is 5.92 Å². The molecule has 0 aliphatic heterocycles. The van der Waals surface area contributed by atoms with Crippen LogP contribution in [0.4, 0.5) is 0 Å². The van der Waals surface area contributed by atoms with Crippen molar-refractivity contribution in [3.8, 4) is 17.3 Å². The van der Waals surface area contributed by atoms with Gasteiger partial charge in [0.15, 0.2) is 0 Å². The first-order chi connectivity index (χ1) is 12.7. The summed E-state index contributed by atoms with van der Waals surface area (Å²) in [6.07, 6.45) is 12.0. The lowest BCUT2D eigenvalue weighted by Crippen LogP contribution is -2.14. The molecular formula is C20H20ClN5. The fraction of sp³-hybridized carbons (Fsp3) is 0.400. The van der Waals surface area contributed by atoms with Gasteiger partial charge in [0.25, 0.3) is 0 Å². The standard InChI is InChI=1S/C20H20ClN5/c1-13-11-26(12-14-5-3-2-4-6-14)20-18(13)24-17(8-22)25-19(20)15-7-16(21)10-23-9-15/h7,9-11,14H,2-6,12H2,1H3. The predicted octanol–water partition coefficient (Wildman–Crippen LogP) is 4.91. The molecule has 1 saturated carbocycles. The lowest BCUT2D eigenvalue weighted by atomic mass is 9.89. The predicted molar refractivity (Wildman–Crippen MR) is 102 cm³/mol. The maximum absolute atomic E-state index is 9.36. The third-order valence-corrected chi connectivity index (χ3v) is 5.36. The second kappa shape index (κ2) is 7.05. The minimum atomic E-state index is 0.172. The van der Waals surface area contributed by atoms with Gasteiger partial charge in [-0.05, 0) is 37.3 Å². The number of nitrogens with zero attached hydrogens (tertiary/aromatic N) is 5. The number of hydrogen-bond donors (Lipinski definition) is 0. The van der Waals surface area contributed by atoms with E-state index in [4.69, 9.17) is 11.6 Å². The molecule has 0 saturated heterocycles. The van der Waals surface area contributed by atoms with Gasteiger partial charge >= 0.3 is 0 Å². The Hall–Kier alpha value is -2.45. The average molecular weight is 366 g/mol. The molecule has 3 aromatic rings. The fourth-order valence-corrected chi connectivity index (χ4v) is 4.12. The second-order valence-electron chi connectivity index (χ2n) is 7.07. The van der Waals surface area contributed by atoms with Crippen LogP contribution in [0.3, 0.4) is 0 Å². The average Bonchev–Trinajstić information content (AvgIpc) is 2.97. The third-order valence-electron chi connectivity index (χ3n) is 5.15. The zero-order valence-electron chi connectivity index (χ0n) is 14.7. The van der Waals surface area contributed by atoms with Crippen LogP contribution in [-0.2, 0) is 6.54 Å². The summed E-state index contributed by atoms with van der Waals surface area (Å²) < 4.78 is 2.26. The second-order valence-corrected chi connectivity index (χ2v) is 7.50. The number of halogens is 1. The van der Waals surface area contributed by atoms with Crippen LogP contribution < -0.4 is 0 Å². The first-order valence-electron chi connectivity index (χ1n) is 9.04. The van der Waals surface area contributed by atoms with Crippen LogP contribution in [-0.4, -0.2) is 19.5 Å². The van der Waals surface area contributed by atoms with Crippen LogP contribution in [0.15, 0.2) is 24.7 Å². The molecule has 0 aromatic carbocycles. The number of hydrogen-bond acceptors (Lipinski definition) is 4. The SMILES string of the molecule is Cc1cn(CC2CCCCC2)c2c(-c3cncc(Cl)c3)nc(C#N)nc12. The number of rotatable bonds is 3. The fourth-order valence-electron chi connectivity index (χ4n) is 3.95. The largest absolute Gasteiger partial charge is 0.344 e. The molecule has 4 rings (SSSR count). The number of aryl methyl sites for hydroxylation is 1. The Bertz CT molecular complexity index is 995. The van der Waals surface area contributed by atoms with Gasteiger partial charge in [-0.3, -0.25) is 4.98 Å². The van der Waals surface area contributed by atoms with Gasteiger partial charge in [0.1, 0.15) is 11.8 Å². The zero-order valence-corrected chi connectivity index (χ0v) is 15.5. The van der Waals surface area contributed by atoms with Gasteiger partial charge in [-0.15, -0.1) is 0 Å². The lowest BCUT2D eigenvalue weighted by molar-refractivity contribution is 0.322. The first-order valence-corrected chi connectivity index (χ1v) is 9.42. The van der Waals surface area contributed by atoms with Crippen molar-refractivity contribution in [1.82, 2.24) is 19.5 Å². The Labute approximate surface area is 157 Å². The molecule has 0 N–H and O–H groups in total. The maximum Gasteiger partial charge on any atom is 0.233 e. The highest BCUT2D eigenvalue weighted by Gasteiger charge is 2.20. The van der Waals surface area contributed by atoms with Crippen LogP contribution in [0.1, 0.15) is 43.5 Å². The third kappa shape index (κ3) is 3.17. The van der Waals surface area contributed by atoms with Crippen molar-refractivity contribution >= 4 is 22.6 Å². The summed E-state index contributed by atoms with van der Waals surface area (Å²) in [6.45, 7) is 2.99. The monoisotopic (exact) mass is 365 g/mol. The van der Waals surface area contributed by atoms with Crippen molar-refractivity contribution in [1.29, 1.82) is 5.26 Å². The molecule has 3 aromatic heterocycles. The summed E-state index contributed by atoms with van der Waals surface area (Å²) in [5, 5.41) is 9.91. The minimum Gasteiger partial charge on any atom is -0.344 e. The van der Waals surface area contributed by atoms with Crippen LogP contribution >= 0.6 is 11.6 Å². The molecule has 6 heteroatoms. The summed E-state index contributed by atoms with van der Waals surface area (Å²) in [5.41, 5.74) is 4.40. The van der Waals surface area contributed by atoms with E-state index >= 15 is 0 Å². The van der Waals surface area contributed by atoms with Crippen molar-refractivity contribution < 1.29 is 0 Å². The van der Waals surface area contributed by atoms with E-state index in [9.17, 15) is 5.26 Å². The van der Waals surface area contributed by atoms with Crippen LogP contribution in [0.25, 0.3) is 22.3 Å². The summed E-state index contributed by atoms with van der Waals surface area (Å²) in [4.78, 5) is 13.2. The number of aromatic nitrogens is 4. The molecular weight excluding hydrogens is 346 g/mol. The Kier molecular flexibility index (Phi) is 4.60. The van der Waals surface area contributed by atoms with Gasteiger partial charge in [-0.2, -0.15) is 5.26 Å². The maximum atomic E-state index is 9.36. The van der Waals surface area contributed by atoms with E-state index in [-0.39, 0.29) is 5.82 Å². The summed E-state index contributed by atoms with van der Waals surface area (Å²) in [6, 6.07) is 3.91. The quantitative estimate of drug-likeness (QED) is 0.661. The number of fused-ring (bicyclic) bond motifs is 1. The topological polar surface area (TPSA) is 67.4 Å². The molecule has 26 heavy (non-hydrogen) atoms. The van der Waals surface area contributed by atoms with E-state index in [0.717, 1.165) is 34.4 Å². The number of nitriles is 1. The van der Waals surface area contributed by atoms with Gasteiger partial charge in [0, 0.05) is 30.7 Å². The molecule has 1 aliphatic carbocycles. The van der Waals surface area contributed by atoms with E-state index in [1.54, 1.807) is 12.4 Å². The molecule has 1 fully saturated rings. The first kappa shape index (κ1) is 17.0. The molecule has 3 heterocycles. The Balaban J connectivity index is 1.89. The summed E-state index contributed by atoms with van der Waals surface area (Å²) in [7, 11) is 0. The summed E-state index contributed by atoms with van der Waals surface area (Å²) >= 11 is 6.14. The van der Waals surface area contributed by atoms with Gasteiger partial charge in [0.2, 0.25) is 5.82 Å². The Morgan fingerprint density at radius 1 is 1.23 bits per heavy atom. The molecule has 0 spiro atoms. The van der Waals surface area contributed by atoms with E-state index in [0.29, 0.717) is 10.9 Å². The van der Waals surface area contributed by atoms with Gasteiger partial charge in [-0.1, -0.05) is 30.9 Å². The Morgan fingerprint density at radius 3 is 2.77 bits per heavy atom. The molecule has 0 atom stereocenters. The van der Waals surface area contributed by atoms with Crippen molar-refractivity contribution in [3.63, 3.8) is 0 Å². The number of pyridine rings is 1. The molecule has 5 nitrogen and oxygen atoms in total. The highest BCUT2D eigenvalue weighted by Crippen LogP contribution is 2.32. The summed E-state index contributed by atoms with van der Waals surface area (Å²) in [5.74, 6) is 0.853. The highest BCUT2D eigenvalue weighted by molar-refractivity contribution is 6.30. The van der Waals surface area contributed by atoms with Crippen LogP contribution in [0, 0.1) is 24.2 Å². The van der Waals surface area contributed by atoms with Gasteiger partial charge in [-0.25, -0.2) is 9.97 Å². The molecule has 132 valence electrons. The molecule has 0 radical (unpaired) electrons. The molecule has 0 bridgehead atoms. The van der Waals surface area contributed by atoms with Crippen LogP contribution in [0.2, 0.25) is 5.02 Å². The Morgan fingerprint density at radius 2 is 2.04 bits per heavy atom. The zero-order chi connectivity index (χ0) is 18.1. The van der Waals surface area contributed by atoms with E-state index in [1.165, 1.54) is 32.1 Å².